The second-order valence-electron chi connectivity index (χ2n) is 21.0. The van der Waals surface area contributed by atoms with Crippen molar-refractivity contribution in [1.29, 1.82) is 0 Å². The summed E-state index contributed by atoms with van der Waals surface area (Å²) < 4.78 is 365. The largest absolute Gasteiger partial charge is 0.460 e. The fourth-order valence-electron chi connectivity index (χ4n) is 6.98. The molecule has 4 unspecified atom stereocenters. The molecule has 0 spiro atoms. The second-order valence-corrected chi connectivity index (χ2v) is 33.0. The van der Waals surface area contributed by atoms with E-state index < -0.39 is 142 Å². The molecule has 2 saturated carbocycles. The number of ether oxygens (including phenoxy) is 4. The predicted octanol–water partition coefficient (Wildman–Crippen LogP) is 13.7. The van der Waals surface area contributed by atoms with Gasteiger partial charge in [0.05, 0.1) is 11.8 Å². The third kappa shape index (κ3) is 13.0. The maximum absolute atomic E-state index is 14.7. The predicted molar refractivity (Wildman–Crippen MR) is 210 cm³/mol. The van der Waals surface area contributed by atoms with Crippen molar-refractivity contribution >= 4 is 28.1 Å². The molecule has 2 aliphatic heterocycles. The van der Waals surface area contributed by atoms with Crippen molar-refractivity contribution in [2.75, 3.05) is 13.2 Å². The Kier molecular flexibility index (Phi) is 20.5. The first-order valence-corrected chi connectivity index (χ1v) is 29.7. The molecule has 0 aromatic heterocycles. The zero-order chi connectivity index (χ0) is 60.1. The van der Waals surface area contributed by atoms with Crippen LogP contribution in [0.5, 0.6) is 0 Å². The molecule has 4 fully saturated rings. The van der Waals surface area contributed by atoms with Crippen molar-refractivity contribution in [2.45, 2.75) is 206 Å². The number of hydrogen-bond acceptors (Lipinski definition) is 8. The van der Waals surface area contributed by atoms with Crippen LogP contribution >= 0.6 is 0 Å². The Morgan fingerprint density at radius 1 is 0.427 bits per heavy atom. The van der Waals surface area contributed by atoms with E-state index in [2.05, 4.69) is 71.3 Å². The van der Waals surface area contributed by atoms with Gasteiger partial charge in [-0.25, -0.2) is 0 Å². The molecule has 0 amide bonds. The van der Waals surface area contributed by atoms with Gasteiger partial charge in [-0.2, -0.15) is 114 Å². The highest BCUT2D eigenvalue weighted by atomic mass is 28.3. The molecule has 2 aliphatic carbocycles. The van der Waals surface area contributed by atoms with Crippen LogP contribution in [0.25, 0.3) is 0 Å². The van der Waals surface area contributed by atoms with Crippen LogP contribution in [0.1, 0.15) is 64.2 Å². The van der Waals surface area contributed by atoms with Gasteiger partial charge in [-0.05, 0) is 25.7 Å². The van der Waals surface area contributed by atoms with E-state index in [0.29, 0.717) is 12.8 Å². The number of rotatable bonds is 9. The Bertz CT molecular complexity index is 1910. The maximum Gasteiger partial charge on any atom is 0.460 e. The van der Waals surface area contributed by atoms with Crippen molar-refractivity contribution in [3.05, 3.63) is 0 Å². The minimum atomic E-state index is -7.92. The van der Waals surface area contributed by atoms with Crippen LogP contribution in [0.4, 0.5) is 114 Å². The number of carbonyl (C=O) groups excluding carboxylic acids is 2. The van der Waals surface area contributed by atoms with E-state index in [1.807, 2.05) is 0 Å². The molecular weight excluding hydrogens is 1150 g/mol. The normalized spacial score (nSPS) is 27.9. The molecule has 2 N–H and O–H groups in total. The first-order chi connectivity index (χ1) is 32.6. The average Bonchev–Trinajstić information content (AvgIpc) is 3.55. The number of esters is 2. The van der Waals surface area contributed by atoms with E-state index in [9.17, 15) is 134 Å². The summed E-state index contributed by atoms with van der Waals surface area (Å²) in [5, 5.41) is 18.4. The summed E-state index contributed by atoms with van der Waals surface area (Å²) in [6.45, 7) is 12.4. The van der Waals surface area contributed by atoms with Crippen molar-refractivity contribution in [3.63, 3.8) is 0 Å². The third-order valence-corrected chi connectivity index (χ3v) is 10.9. The molecule has 0 radical (unpaired) electrons. The molecule has 0 aromatic rings. The van der Waals surface area contributed by atoms with Crippen molar-refractivity contribution in [2.24, 2.45) is 11.8 Å². The van der Waals surface area contributed by atoms with Gasteiger partial charge < -0.3 is 29.2 Å². The summed E-state index contributed by atoms with van der Waals surface area (Å²) in [5.41, 5.74) is -12.0. The lowest BCUT2D eigenvalue weighted by molar-refractivity contribution is -0.445. The Morgan fingerprint density at radius 3 is 0.853 bits per heavy atom. The zero-order valence-electron chi connectivity index (χ0n) is 40.3. The number of halogens is 26. The van der Waals surface area contributed by atoms with E-state index in [-0.39, 0.29) is 51.4 Å². The Balaban J connectivity index is 0.000000636. The van der Waals surface area contributed by atoms with Gasteiger partial charge in [-0.3, -0.25) is 9.59 Å². The van der Waals surface area contributed by atoms with Crippen LogP contribution in [0, 0.1) is 11.8 Å². The zero-order valence-corrected chi connectivity index (χ0v) is 42.3. The highest BCUT2D eigenvalue weighted by Gasteiger charge is 2.98. The first-order valence-electron chi connectivity index (χ1n) is 21.7. The molecule has 75 heavy (non-hydrogen) atoms. The van der Waals surface area contributed by atoms with Crippen LogP contribution in [0.15, 0.2) is 0 Å². The van der Waals surface area contributed by atoms with E-state index in [1.165, 1.54) is 0 Å². The van der Waals surface area contributed by atoms with Gasteiger partial charge in [-0.15, -0.1) is 0 Å². The van der Waals surface area contributed by atoms with Gasteiger partial charge in [-0.1, -0.05) is 90.9 Å². The molecular formula is C39H52F26O8Si2. The Morgan fingerprint density at radius 2 is 0.653 bits per heavy atom. The highest BCUT2D eigenvalue weighted by Crippen LogP contribution is 2.67. The summed E-state index contributed by atoms with van der Waals surface area (Å²) in [4.78, 5) is 24.3. The van der Waals surface area contributed by atoms with Gasteiger partial charge in [0.25, 0.3) is 11.2 Å². The molecule has 4 atom stereocenters. The maximum atomic E-state index is 14.7. The standard InChI is InChI=1S/C16H14F14O4.C15H14F12O4.2C4H12Si/c17-10(18,12(21,22)13(23,24)15(25,26)27)9(34-8(31)7-4-2-1-3-5-7)6-33-14(32,11(9,19)20)16(28,29)30;16-10(17,12(20,21)14(22,23)24)9(31-8(28)7-4-2-1-3-5-7)6-30-13(29,11(9,18)19)15(25,26)27;2*1-5(2,3)4/h7,32H,1-6H2;7,29H,1-6H2;2*1-4H3. The first kappa shape index (κ1) is 70.4. The molecule has 8 nitrogen and oxygen atoms in total. The number of aliphatic hydroxyl groups is 2. The number of carbonyl (C=O) groups is 2. The summed E-state index contributed by atoms with van der Waals surface area (Å²) in [6.07, 6.45) is -27.9. The number of alkyl halides is 26. The third-order valence-electron chi connectivity index (χ3n) is 10.9. The van der Waals surface area contributed by atoms with Crippen LogP contribution < -0.4 is 0 Å². The van der Waals surface area contributed by atoms with Gasteiger partial charge in [0, 0.05) is 16.1 Å². The van der Waals surface area contributed by atoms with Crippen LogP contribution in [0.2, 0.25) is 52.4 Å². The lowest BCUT2D eigenvalue weighted by atomic mass is 9.80. The van der Waals surface area contributed by atoms with Crippen molar-refractivity contribution in [3.8, 4) is 0 Å². The van der Waals surface area contributed by atoms with Crippen LogP contribution in [0.3, 0.4) is 0 Å². The lowest BCUT2D eigenvalue weighted by Crippen LogP contribution is -2.77. The van der Waals surface area contributed by atoms with Gasteiger partial charge in [0.15, 0.2) is 0 Å². The average molecular weight is 1200 g/mol. The van der Waals surface area contributed by atoms with Gasteiger partial charge in [0.2, 0.25) is 0 Å². The lowest BCUT2D eigenvalue weighted by Gasteiger charge is -2.45. The van der Waals surface area contributed by atoms with Crippen LogP contribution in [-0.2, 0) is 28.5 Å². The SMILES string of the molecule is C[Si](C)(C)C.C[Si](C)(C)C.O=C(OC1(C(F)(F)C(F)(F)C(F)(F)C(F)(F)F)COC(O)(C(F)(F)F)C1(F)F)C1CCCCC1.O=C(OC1(C(F)(F)C(F)(F)C(F)(F)F)COC(O)(C(F)(F)F)C1(F)F)C1CCCCC1. The quantitative estimate of drug-likeness (QED) is 0.133. The van der Waals surface area contributed by atoms with Crippen molar-refractivity contribution in [1.82, 2.24) is 0 Å². The molecule has 446 valence electrons. The van der Waals surface area contributed by atoms with E-state index >= 15 is 0 Å². The Labute approximate surface area is 411 Å². The molecule has 0 aromatic carbocycles. The molecule has 2 saturated heterocycles. The minimum Gasteiger partial charge on any atom is -0.443 e. The molecule has 0 bridgehead atoms. The van der Waals surface area contributed by atoms with E-state index in [0.717, 1.165) is 0 Å². The Hall–Kier alpha value is -2.61. The molecule has 4 aliphatic rings. The fraction of sp³-hybridized carbons (Fsp3) is 0.949. The van der Waals surface area contributed by atoms with Crippen molar-refractivity contribution < 1.29 is 153 Å². The van der Waals surface area contributed by atoms with E-state index in [4.69, 9.17) is 0 Å². The monoisotopic (exact) mass is 1200 g/mol. The summed E-state index contributed by atoms with van der Waals surface area (Å²) >= 11 is 0. The van der Waals surface area contributed by atoms with Gasteiger partial charge >= 0.3 is 89.7 Å². The highest BCUT2D eigenvalue weighted by molar-refractivity contribution is 6.75. The summed E-state index contributed by atoms with van der Waals surface area (Å²) in [6, 6.07) is 0. The molecule has 2 heterocycles. The topological polar surface area (TPSA) is 112 Å². The summed E-state index contributed by atoms with van der Waals surface area (Å²) in [7, 11) is -1.22. The molecule has 36 heteroatoms. The minimum absolute atomic E-state index is 0.102. The smallest absolute Gasteiger partial charge is 0.443 e. The second kappa shape index (κ2) is 21.8. The molecule has 4 rings (SSSR count). The fourth-order valence-corrected chi connectivity index (χ4v) is 6.98. The summed E-state index contributed by atoms with van der Waals surface area (Å²) in [5.74, 6) is -71.2. The number of hydrogen-bond donors (Lipinski definition) is 2. The van der Waals surface area contributed by atoms with Crippen LogP contribution in [-0.4, -0.2) is 140 Å². The van der Waals surface area contributed by atoms with Gasteiger partial charge in [0.1, 0.15) is 13.2 Å². The van der Waals surface area contributed by atoms with E-state index in [1.54, 1.807) is 0 Å².